The van der Waals surface area contributed by atoms with Crippen LogP contribution >= 0.6 is 0 Å². The number of quaternary nitrogens is 1. The monoisotopic (exact) mass is 354 g/mol. The Morgan fingerprint density at radius 3 is 2.65 bits per heavy atom. The summed E-state index contributed by atoms with van der Waals surface area (Å²) < 4.78 is 5.71. The Labute approximate surface area is 152 Å². The molecule has 0 bridgehead atoms. The van der Waals surface area contributed by atoms with Crippen LogP contribution in [0.4, 0.5) is 4.79 Å². The Hall–Kier alpha value is -2.86. The van der Waals surface area contributed by atoms with Gasteiger partial charge in [0.15, 0.2) is 6.04 Å². The molecule has 136 valence electrons. The summed E-state index contributed by atoms with van der Waals surface area (Å²) in [5.74, 6) is 0.530. The van der Waals surface area contributed by atoms with Gasteiger partial charge in [-0.15, -0.1) is 0 Å². The Balaban J connectivity index is 1.83. The van der Waals surface area contributed by atoms with Gasteiger partial charge in [0.1, 0.15) is 11.8 Å². The van der Waals surface area contributed by atoms with Crippen molar-refractivity contribution in [2.75, 3.05) is 13.2 Å². The van der Waals surface area contributed by atoms with Crippen LogP contribution in [0.25, 0.3) is 0 Å². The molecule has 1 aliphatic rings. The summed E-state index contributed by atoms with van der Waals surface area (Å²) in [5.41, 5.74) is 1.93. The van der Waals surface area contributed by atoms with E-state index < -0.39 is 12.1 Å². The van der Waals surface area contributed by atoms with E-state index in [1.54, 1.807) is 0 Å². The quantitative estimate of drug-likeness (QED) is 0.763. The molecule has 0 saturated carbocycles. The normalized spacial score (nSPS) is 16.7. The number of nitrogens with two attached hydrogens (primary N) is 1. The highest BCUT2D eigenvalue weighted by molar-refractivity contribution is 5.96. The van der Waals surface area contributed by atoms with E-state index in [1.165, 1.54) is 0 Å². The van der Waals surface area contributed by atoms with Crippen molar-refractivity contribution in [3.63, 3.8) is 0 Å². The van der Waals surface area contributed by atoms with E-state index in [9.17, 15) is 9.59 Å². The van der Waals surface area contributed by atoms with Gasteiger partial charge in [-0.25, -0.2) is 4.79 Å². The van der Waals surface area contributed by atoms with Crippen molar-refractivity contribution in [2.45, 2.75) is 25.4 Å². The van der Waals surface area contributed by atoms with Crippen LogP contribution in [0.15, 0.2) is 54.6 Å². The first-order valence-corrected chi connectivity index (χ1v) is 8.89. The molecule has 6 heteroatoms. The molecule has 2 aromatic carbocycles. The summed E-state index contributed by atoms with van der Waals surface area (Å²) in [6.45, 7) is 2.88. The molecule has 1 heterocycles. The molecule has 1 aliphatic heterocycles. The van der Waals surface area contributed by atoms with Gasteiger partial charge in [-0.05, 0) is 19.1 Å². The van der Waals surface area contributed by atoms with Gasteiger partial charge in [-0.3, -0.25) is 10.1 Å². The summed E-state index contributed by atoms with van der Waals surface area (Å²) in [7, 11) is 0. The fourth-order valence-electron chi connectivity index (χ4n) is 3.21. The summed E-state index contributed by atoms with van der Waals surface area (Å²) in [6.07, 6.45) is 0.800. The van der Waals surface area contributed by atoms with Crippen molar-refractivity contribution in [2.24, 2.45) is 0 Å². The zero-order valence-corrected chi connectivity index (χ0v) is 14.8. The average Bonchev–Trinajstić information content (AvgIpc) is 2.67. The van der Waals surface area contributed by atoms with Crippen LogP contribution < -0.4 is 20.7 Å². The second kappa shape index (κ2) is 8.49. The van der Waals surface area contributed by atoms with E-state index in [0.717, 1.165) is 23.3 Å². The molecule has 0 spiro atoms. The highest BCUT2D eigenvalue weighted by Crippen LogP contribution is 2.29. The number of amides is 3. The van der Waals surface area contributed by atoms with Crippen LogP contribution in [0.3, 0.4) is 0 Å². The summed E-state index contributed by atoms with van der Waals surface area (Å²) in [4.78, 5) is 24.6. The second-order valence-corrected chi connectivity index (χ2v) is 6.21. The number of hydrogen-bond acceptors (Lipinski definition) is 3. The van der Waals surface area contributed by atoms with Crippen molar-refractivity contribution >= 4 is 11.9 Å². The predicted molar refractivity (Wildman–Crippen MR) is 97.6 cm³/mol. The zero-order chi connectivity index (χ0) is 18.4. The molecule has 3 amide bonds. The summed E-state index contributed by atoms with van der Waals surface area (Å²) in [5, 5.41) is 7.06. The first-order valence-electron chi connectivity index (χ1n) is 8.89. The highest BCUT2D eigenvalue weighted by atomic mass is 16.5. The molecular formula is C20H24N3O3+. The Morgan fingerprint density at radius 1 is 1.15 bits per heavy atom. The lowest BCUT2D eigenvalue weighted by molar-refractivity contribution is -0.723. The molecule has 0 aliphatic carbocycles. The van der Waals surface area contributed by atoms with Gasteiger partial charge >= 0.3 is 6.03 Å². The number of rotatable bonds is 5. The standard InChI is InChI=1S/C20H23N3O3/c1-2-21-20(25)23-19(24)18(14-8-4-3-5-9-14)22-16-12-13-26-17-11-7-6-10-15(16)17/h3-11,16,18,22H,2,12-13H2,1H3,(H2,21,23,24,25)/p+1/t16-,18+/m1/s1. The fourth-order valence-corrected chi connectivity index (χ4v) is 3.21. The number of benzene rings is 2. The van der Waals surface area contributed by atoms with Crippen molar-refractivity contribution < 1.29 is 19.6 Å². The number of imide groups is 1. The van der Waals surface area contributed by atoms with Crippen LogP contribution in [0.2, 0.25) is 0 Å². The van der Waals surface area contributed by atoms with Gasteiger partial charge in [0, 0.05) is 18.5 Å². The number of para-hydroxylation sites is 1. The second-order valence-electron chi connectivity index (χ2n) is 6.21. The van der Waals surface area contributed by atoms with E-state index in [1.807, 2.05) is 66.8 Å². The number of ether oxygens (including phenoxy) is 1. The third-order valence-electron chi connectivity index (χ3n) is 4.44. The zero-order valence-electron chi connectivity index (χ0n) is 14.8. The molecular weight excluding hydrogens is 330 g/mol. The Morgan fingerprint density at radius 2 is 1.88 bits per heavy atom. The molecule has 2 aromatic rings. The SMILES string of the molecule is CCNC(=O)NC(=O)[C@@H]([NH2+][C@@H]1CCOc2ccccc21)c1ccccc1. The molecule has 2 atom stereocenters. The lowest BCUT2D eigenvalue weighted by atomic mass is 9.97. The first-order chi connectivity index (χ1) is 12.7. The topological polar surface area (TPSA) is 84.0 Å². The van der Waals surface area contributed by atoms with E-state index >= 15 is 0 Å². The smallest absolute Gasteiger partial charge is 0.321 e. The van der Waals surface area contributed by atoms with Gasteiger partial charge in [0.25, 0.3) is 5.91 Å². The van der Waals surface area contributed by atoms with Gasteiger partial charge in [0.05, 0.1) is 12.2 Å². The van der Waals surface area contributed by atoms with E-state index in [0.29, 0.717) is 13.2 Å². The summed E-state index contributed by atoms with van der Waals surface area (Å²) in [6, 6.07) is 16.5. The molecule has 0 unspecified atom stereocenters. The molecule has 6 nitrogen and oxygen atoms in total. The van der Waals surface area contributed by atoms with Crippen LogP contribution in [0, 0.1) is 0 Å². The first kappa shape index (κ1) is 17.9. The van der Waals surface area contributed by atoms with E-state index in [-0.39, 0.29) is 11.9 Å². The maximum Gasteiger partial charge on any atom is 0.321 e. The fraction of sp³-hybridized carbons (Fsp3) is 0.300. The third-order valence-corrected chi connectivity index (χ3v) is 4.44. The highest BCUT2D eigenvalue weighted by Gasteiger charge is 2.32. The van der Waals surface area contributed by atoms with Crippen molar-refractivity contribution in [1.82, 2.24) is 10.6 Å². The van der Waals surface area contributed by atoms with Crippen LogP contribution in [-0.2, 0) is 4.79 Å². The maximum atomic E-state index is 12.8. The van der Waals surface area contributed by atoms with Crippen LogP contribution in [-0.4, -0.2) is 25.1 Å². The maximum absolute atomic E-state index is 12.8. The van der Waals surface area contributed by atoms with E-state index in [2.05, 4.69) is 10.6 Å². The van der Waals surface area contributed by atoms with Crippen LogP contribution in [0.1, 0.15) is 36.6 Å². The molecule has 4 N–H and O–H groups in total. The van der Waals surface area contributed by atoms with Crippen molar-refractivity contribution in [1.29, 1.82) is 0 Å². The third kappa shape index (κ3) is 4.21. The van der Waals surface area contributed by atoms with Crippen molar-refractivity contribution in [3.05, 3.63) is 65.7 Å². The lowest BCUT2D eigenvalue weighted by Gasteiger charge is -2.27. The number of urea groups is 1. The number of nitrogens with one attached hydrogen (secondary N) is 2. The molecule has 0 aromatic heterocycles. The molecule has 3 rings (SSSR count). The summed E-state index contributed by atoms with van der Waals surface area (Å²) >= 11 is 0. The number of hydrogen-bond donors (Lipinski definition) is 3. The van der Waals surface area contributed by atoms with Gasteiger partial charge < -0.3 is 15.4 Å². The average molecular weight is 354 g/mol. The Kier molecular flexibility index (Phi) is 5.86. The lowest BCUT2D eigenvalue weighted by Crippen LogP contribution is -2.89. The minimum atomic E-state index is -0.519. The van der Waals surface area contributed by atoms with Crippen LogP contribution in [0.5, 0.6) is 5.75 Å². The largest absolute Gasteiger partial charge is 0.493 e. The van der Waals surface area contributed by atoms with Gasteiger partial charge in [0.2, 0.25) is 0 Å². The molecule has 0 saturated heterocycles. The van der Waals surface area contributed by atoms with Gasteiger partial charge in [-0.1, -0.05) is 42.5 Å². The number of fused-ring (bicyclic) bond motifs is 1. The number of carbonyl (C=O) groups is 2. The van der Waals surface area contributed by atoms with E-state index in [4.69, 9.17) is 4.74 Å². The molecule has 26 heavy (non-hydrogen) atoms. The van der Waals surface area contributed by atoms with Gasteiger partial charge in [-0.2, -0.15) is 0 Å². The minimum Gasteiger partial charge on any atom is -0.493 e. The molecule has 0 fully saturated rings. The molecule has 0 radical (unpaired) electrons. The Bertz CT molecular complexity index is 764. The van der Waals surface area contributed by atoms with Crippen molar-refractivity contribution in [3.8, 4) is 5.75 Å². The minimum absolute atomic E-state index is 0.0881. The number of carbonyl (C=O) groups excluding carboxylic acids is 2. The predicted octanol–water partition coefficient (Wildman–Crippen LogP) is 1.66.